The van der Waals surface area contributed by atoms with Gasteiger partial charge in [0.25, 0.3) is 11.6 Å². The minimum absolute atomic E-state index is 0.0210. The molecular weight excluding hydrogens is 466 g/mol. The predicted molar refractivity (Wildman–Crippen MR) is 132 cm³/mol. The molecule has 4 N–H and O–H groups in total. The maximum absolute atomic E-state index is 13.1. The van der Waals surface area contributed by atoms with Crippen LogP contribution in [0, 0.1) is 10.1 Å². The van der Waals surface area contributed by atoms with Gasteiger partial charge in [0.15, 0.2) is 5.75 Å². The molecule has 36 heavy (non-hydrogen) atoms. The molecule has 0 unspecified atom stereocenters. The number of phenolic OH excluding ortho intramolecular Hbond substituents is 1. The van der Waals surface area contributed by atoms with Crippen LogP contribution in [0.4, 0.5) is 22.7 Å². The van der Waals surface area contributed by atoms with E-state index in [0.29, 0.717) is 16.5 Å². The van der Waals surface area contributed by atoms with Crippen molar-refractivity contribution < 1.29 is 24.4 Å². The summed E-state index contributed by atoms with van der Waals surface area (Å²) in [5.41, 5.74) is 5.18. The summed E-state index contributed by atoms with van der Waals surface area (Å²) in [5.74, 6) is -1.63. The molecule has 0 aliphatic rings. The summed E-state index contributed by atoms with van der Waals surface area (Å²) in [7, 11) is 1.42. The number of nitrogens with two attached hydrogens (primary N) is 1. The number of primary amides is 1. The number of nitro groups is 1. The molecule has 0 aliphatic heterocycles. The molecule has 0 aromatic heterocycles. The lowest BCUT2D eigenvalue weighted by Crippen LogP contribution is -2.13. The van der Waals surface area contributed by atoms with Gasteiger partial charge < -0.3 is 20.9 Å². The summed E-state index contributed by atoms with van der Waals surface area (Å²) in [5, 5.41) is 34.1. The number of methoxy groups -OCH3 is 1. The number of anilines is 1. The second-order valence-electron chi connectivity index (χ2n) is 7.52. The molecular formula is C25H19N5O6. The topological polar surface area (TPSA) is 170 Å². The molecule has 0 bridgehead atoms. The Bertz CT molecular complexity index is 1550. The van der Waals surface area contributed by atoms with Gasteiger partial charge in [0, 0.05) is 17.0 Å². The van der Waals surface area contributed by atoms with Gasteiger partial charge in [-0.15, -0.1) is 10.2 Å². The van der Waals surface area contributed by atoms with Crippen LogP contribution in [0.3, 0.4) is 0 Å². The zero-order valence-corrected chi connectivity index (χ0v) is 18.8. The van der Waals surface area contributed by atoms with Gasteiger partial charge in [0.1, 0.15) is 22.8 Å². The van der Waals surface area contributed by atoms with E-state index in [1.807, 2.05) is 0 Å². The standard InChI is InChI=1S/C25H19N5O6/c1-36-21-11-10-15(24(26)32)13-19(21)28-29-22-16-7-3-2-6-14(16)12-17(23(22)31)25(33)27-18-8-4-5-9-20(18)30(34)35/h2-13,31H,1H3,(H2,26,32)(H,27,33)/b29-28+. The molecule has 2 amide bonds. The van der Waals surface area contributed by atoms with Crippen LogP contribution in [0.25, 0.3) is 10.8 Å². The van der Waals surface area contributed by atoms with Crippen molar-refractivity contribution in [1.82, 2.24) is 0 Å². The Morgan fingerprint density at radius 1 is 1.03 bits per heavy atom. The molecule has 4 aromatic rings. The van der Waals surface area contributed by atoms with Gasteiger partial charge in [0.2, 0.25) is 5.91 Å². The lowest BCUT2D eigenvalue weighted by molar-refractivity contribution is -0.383. The molecule has 11 heteroatoms. The highest BCUT2D eigenvalue weighted by Crippen LogP contribution is 2.41. The minimum Gasteiger partial charge on any atom is -0.505 e. The number of carbonyl (C=O) groups is 2. The van der Waals surface area contributed by atoms with Crippen molar-refractivity contribution in [2.75, 3.05) is 12.4 Å². The van der Waals surface area contributed by atoms with Crippen molar-refractivity contribution in [2.45, 2.75) is 0 Å². The third-order valence-electron chi connectivity index (χ3n) is 5.31. The van der Waals surface area contributed by atoms with E-state index in [2.05, 4.69) is 15.5 Å². The normalized spacial score (nSPS) is 10.9. The quantitative estimate of drug-likeness (QED) is 0.184. The average molecular weight is 485 g/mol. The van der Waals surface area contributed by atoms with Crippen molar-refractivity contribution >= 4 is 45.3 Å². The third kappa shape index (κ3) is 4.66. The molecule has 4 rings (SSSR count). The number of carbonyl (C=O) groups excluding carboxylic acids is 2. The number of fused-ring (bicyclic) bond motifs is 1. The van der Waals surface area contributed by atoms with Crippen LogP contribution < -0.4 is 15.8 Å². The van der Waals surface area contributed by atoms with E-state index < -0.39 is 22.5 Å². The highest BCUT2D eigenvalue weighted by atomic mass is 16.6. The van der Waals surface area contributed by atoms with Crippen LogP contribution in [0.2, 0.25) is 0 Å². The van der Waals surface area contributed by atoms with Gasteiger partial charge in [-0.3, -0.25) is 19.7 Å². The summed E-state index contributed by atoms with van der Waals surface area (Å²) in [6.45, 7) is 0. The fourth-order valence-corrected chi connectivity index (χ4v) is 3.55. The van der Waals surface area contributed by atoms with E-state index in [9.17, 15) is 24.8 Å². The first kappa shape index (κ1) is 23.8. The number of azo groups is 1. The Kier molecular flexibility index (Phi) is 6.55. The Labute approximate surface area is 204 Å². The zero-order valence-electron chi connectivity index (χ0n) is 18.8. The van der Waals surface area contributed by atoms with E-state index in [0.717, 1.165) is 0 Å². The maximum Gasteiger partial charge on any atom is 0.292 e. The molecule has 0 aliphatic carbocycles. The number of rotatable bonds is 7. The van der Waals surface area contributed by atoms with Crippen LogP contribution in [0.15, 0.2) is 83.0 Å². The Morgan fingerprint density at radius 2 is 1.75 bits per heavy atom. The van der Waals surface area contributed by atoms with Crippen LogP contribution in [0.1, 0.15) is 20.7 Å². The SMILES string of the molecule is COc1ccc(C(N)=O)cc1/N=N/c1c(O)c(C(=O)Nc2ccccc2[N+](=O)[O-])cc2ccccc12. The zero-order chi connectivity index (χ0) is 25.8. The van der Waals surface area contributed by atoms with Crippen molar-refractivity contribution in [2.24, 2.45) is 16.0 Å². The molecule has 180 valence electrons. The molecule has 11 nitrogen and oxygen atoms in total. The Hall–Kier alpha value is -5.32. The number of nitrogens with one attached hydrogen (secondary N) is 1. The number of nitro benzene ring substituents is 1. The van der Waals surface area contributed by atoms with Crippen LogP contribution in [0.5, 0.6) is 11.5 Å². The van der Waals surface area contributed by atoms with Gasteiger partial charge in [-0.05, 0) is 35.7 Å². The lowest BCUT2D eigenvalue weighted by atomic mass is 10.0. The number of phenols is 1. The number of hydrogen-bond acceptors (Lipinski definition) is 8. The molecule has 0 atom stereocenters. The van der Waals surface area contributed by atoms with Gasteiger partial charge >= 0.3 is 0 Å². The molecule has 4 aromatic carbocycles. The minimum atomic E-state index is -0.780. The van der Waals surface area contributed by atoms with E-state index in [-0.39, 0.29) is 33.9 Å². The molecule has 0 spiro atoms. The fraction of sp³-hybridized carbons (Fsp3) is 0.0400. The Morgan fingerprint density at radius 3 is 2.47 bits per heavy atom. The smallest absolute Gasteiger partial charge is 0.292 e. The second kappa shape index (κ2) is 9.89. The highest BCUT2D eigenvalue weighted by molar-refractivity contribution is 6.12. The van der Waals surface area contributed by atoms with Gasteiger partial charge in [-0.2, -0.15) is 0 Å². The first-order chi connectivity index (χ1) is 17.3. The number of benzene rings is 4. The van der Waals surface area contributed by atoms with Crippen LogP contribution in [-0.2, 0) is 0 Å². The molecule has 0 radical (unpaired) electrons. The summed E-state index contributed by atoms with van der Waals surface area (Å²) in [6, 6.07) is 18.3. The number of nitrogens with zero attached hydrogens (tertiary/aromatic N) is 3. The molecule has 0 saturated heterocycles. The van der Waals surface area contributed by atoms with Crippen molar-refractivity contribution in [3.63, 3.8) is 0 Å². The van der Waals surface area contributed by atoms with E-state index in [4.69, 9.17) is 10.5 Å². The number of ether oxygens (including phenoxy) is 1. The summed E-state index contributed by atoms with van der Waals surface area (Å²) < 4.78 is 5.26. The molecule has 0 heterocycles. The molecule has 0 fully saturated rings. The second-order valence-corrected chi connectivity index (χ2v) is 7.52. The summed E-state index contributed by atoms with van der Waals surface area (Å²) >= 11 is 0. The number of para-hydroxylation sites is 2. The highest BCUT2D eigenvalue weighted by Gasteiger charge is 2.21. The van der Waals surface area contributed by atoms with Crippen LogP contribution in [-0.4, -0.2) is 29.0 Å². The fourth-order valence-electron chi connectivity index (χ4n) is 3.55. The first-order valence-corrected chi connectivity index (χ1v) is 10.5. The summed E-state index contributed by atoms with van der Waals surface area (Å²) in [4.78, 5) is 35.3. The van der Waals surface area contributed by atoms with Crippen molar-refractivity contribution in [1.29, 1.82) is 0 Å². The van der Waals surface area contributed by atoms with Gasteiger partial charge in [-0.1, -0.05) is 36.4 Å². The lowest BCUT2D eigenvalue weighted by Gasteiger charge is -2.11. The van der Waals surface area contributed by atoms with Crippen molar-refractivity contribution in [3.05, 3.63) is 94.0 Å². The van der Waals surface area contributed by atoms with Crippen molar-refractivity contribution in [3.8, 4) is 11.5 Å². The first-order valence-electron chi connectivity index (χ1n) is 10.5. The van der Waals surface area contributed by atoms with E-state index >= 15 is 0 Å². The van der Waals surface area contributed by atoms with Gasteiger partial charge in [0.05, 0.1) is 17.6 Å². The maximum atomic E-state index is 13.1. The number of hydrogen-bond donors (Lipinski definition) is 3. The monoisotopic (exact) mass is 485 g/mol. The van der Waals surface area contributed by atoms with E-state index in [1.165, 1.54) is 55.6 Å². The number of aromatic hydroxyl groups is 1. The largest absolute Gasteiger partial charge is 0.505 e. The average Bonchev–Trinajstić information content (AvgIpc) is 2.87. The summed E-state index contributed by atoms with van der Waals surface area (Å²) in [6.07, 6.45) is 0. The van der Waals surface area contributed by atoms with E-state index in [1.54, 1.807) is 24.3 Å². The molecule has 0 saturated carbocycles. The Balaban J connectivity index is 1.81. The van der Waals surface area contributed by atoms with Gasteiger partial charge in [-0.25, -0.2) is 0 Å². The van der Waals surface area contributed by atoms with Crippen LogP contribution >= 0.6 is 0 Å². The number of amides is 2. The predicted octanol–water partition coefficient (Wildman–Crippen LogP) is 5.23. The third-order valence-corrected chi connectivity index (χ3v) is 5.31.